The van der Waals surface area contributed by atoms with Crippen molar-refractivity contribution in [3.8, 4) is 16.8 Å². The van der Waals surface area contributed by atoms with Gasteiger partial charge in [0.05, 0.1) is 11.0 Å². The van der Waals surface area contributed by atoms with Gasteiger partial charge >= 0.3 is 0 Å². The lowest BCUT2D eigenvalue weighted by Gasteiger charge is -2.27. The van der Waals surface area contributed by atoms with Gasteiger partial charge in [0.1, 0.15) is 11.2 Å². The van der Waals surface area contributed by atoms with E-state index in [1.807, 2.05) is 30.4 Å². The van der Waals surface area contributed by atoms with Gasteiger partial charge in [-0.3, -0.25) is 0 Å². The predicted octanol–water partition coefficient (Wildman–Crippen LogP) is 18.3. The van der Waals surface area contributed by atoms with E-state index in [1.54, 1.807) is 0 Å². The van der Waals surface area contributed by atoms with Crippen LogP contribution < -0.4 is 4.90 Å². The first-order valence-electron chi connectivity index (χ1n) is 22.8. The molecule has 0 N–H and O–H groups in total. The maximum Gasteiger partial charge on any atom is 0.143 e. The van der Waals surface area contributed by atoms with E-state index in [1.165, 1.54) is 60.4 Å². The zero-order valence-electron chi connectivity index (χ0n) is 36.7. The maximum atomic E-state index is 6.86. The minimum atomic E-state index is 0.594. The first-order chi connectivity index (χ1) is 32.6. The summed E-state index contributed by atoms with van der Waals surface area (Å²) in [5, 5.41) is 7.04. The molecule has 0 spiro atoms. The molecule has 1 fully saturated rings. The Morgan fingerprint density at radius 2 is 1.30 bits per heavy atom. The van der Waals surface area contributed by atoms with Crippen LogP contribution in [0.5, 0.6) is 0 Å². The number of hydrogen-bond acceptors (Lipinski definition) is 3. The van der Waals surface area contributed by atoms with Crippen molar-refractivity contribution in [1.82, 2.24) is 4.57 Å². The normalized spacial score (nSPS) is 13.6. The van der Waals surface area contributed by atoms with Crippen LogP contribution in [0.3, 0.4) is 0 Å². The molecule has 316 valence electrons. The van der Waals surface area contributed by atoms with Gasteiger partial charge in [-0.1, -0.05) is 128 Å². The summed E-state index contributed by atoms with van der Waals surface area (Å²) in [6.07, 6.45) is 14.8. The second-order valence-corrected chi connectivity index (χ2v) is 18.3. The first-order valence-corrected chi connectivity index (χ1v) is 23.6. The number of rotatable bonds is 11. The second kappa shape index (κ2) is 16.3. The molecule has 1 saturated carbocycles. The first kappa shape index (κ1) is 39.7. The fraction of sp³-hybridized carbons (Fsp3) is 0.0645. The fourth-order valence-electron chi connectivity index (χ4n) is 9.96. The molecule has 3 nitrogen and oxygen atoms in total. The zero-order chi connectivity index (χ0) is 44.3. The van der Waals surface area contributed by atoms with Crippen LogP contribution in [0.2, 0.25) is 0 Å². The molecular weight excluding hydrogens is 821 g/mol. The van der Waals surface area contributed by atoms with Gasteiger partial charge in [0.25, 0.3) is 0 Å². The van der Waals surface area contributed by atoms with Crippen LogP contribution in [-0.4, -0.2) is 4.57 Å². The highest BCUT2D eigenvalue weighted by Crippen LogP contribution is 2.48. The lowest BCUT2D eigenvalue weighted by Crippen LogP contribution is -2.10. The van der Waals surface area contributed by atoms with Crippen molar-refractivity contribution in [3.63, 3.8) is 0 Å². The van der Waals surface area contributed by atoms with Crippen LogP contribution in [0.1, 0.15) is 30.9 Å². The van der Waals surface area contributed by atoms with E-state index in [4.69, 9.17) is 4.42 Å². The van der Waals surface area contributed by atoms with E-state index in [9.17, 15) is 0 Å². The summed E-state index contributed by atoms with van der Waals surface area (Å²) in [5.74, 6) is 0.594. The molecule has 4 heteroatoms. The Bertz CT molecular complexity index is 3810. The van der Waals surface area contributed by atoms with E-state index in [2.05, 4.69) is 217 Å². The quantitative estimate of drug-likeness (QED) is 0.121. The number of fused-ring (bicyclic) bond motifs is 9. The lowest BCUT2D eigenvalue weighted by atomic mass is 9.98. The minimum Gasteiger partial charge on any atom is -0.455 e. The Morgan fingerprint density at radius 3 is 2.09 bits per heavy atom. The topological polar surface area (TPSA) is 21.3 Å². The van der Waals surface area contributed by atoms with E-state index < -0.39 is 0 Å². The molecule has 0 saturated heterocycles. The van der Waals surface area contributed by atoms with E-state index in [0.717, 1.165) is 72.5 Å². The number of anilines is 3. The molecule has 0 unspecified atom stereocenters. The van der Waals surface area contributed by atoms with Crippen molar-refractivity contribution in [2.45, 2.75) is 19.8 Å². The number of thiophene rings is 1. The summed E-state index contributed by atoms with van der Waals surface area (Å²) in [5.41, 5.74) is 15.4. The lowest BCUT2D eigenvalue weighted by molar-refractivity contribution is 0.670. The van der Waals surface area contributed by atoms with Gasteiger partial charge in [0.15, 0.2) is 0 Å². The number of nitrogens with zero attached hydrogens (tertiary/aromatic N) is 2. The molecule has 3 heterocycles. The highest BCUT2D eigenvalue weighted by Gasteiger charge is 2.27. The zero-order valence-corrected chi connectivity index (χ0v) is 37.6. The predicted molar refractivity (Wildman–Crippen MR) is 285 cm³/mol. The Kier molecular flexibility index (Phi) is 9.77. The van der Waals surface area contributed by atoms with Gasteiger partial charge in [-0.15, -0.1) is 11.3 Å². The summed E-state index contributed by atoms with van der Waals surface area (Å²) >= 11 is 1.84. The average Bonchev–Trinajstić information content (AvgIpc) is 3.93. The van der Waals surface area contributed by atoms with Crippen LogP contribution in [-0.2, 0) is 0 Å². The Balaban J connectivity index is 1.09. The van der Waals surface area contributed by atoms with Crippen LogP contribution in [0.25, 0.3) is 91.9 Å². The number of hydrogen-bond donors (Lipinski definition) is 0. The average molecular weight is 867 g/mol. The molecule has 66 heavy (non-hydrogen) atoms. The molecule has 0 aliphatic heterocycles. The SMILES string of the molecule is C=C/C=C(/c1ccc(N(c2ccc3sc4ccc(/C(C=C)=C/C=C\C)cc4c3c2)c2cc(-c3ccc4c(c3)c3ccccc3n4-c3ccccc3)c3oc4ccccc4c3c2)cc1)C1CC1. The van der Waals surface area contributed by atoms with Crippen molar-refractivity contribution < 1.29 is 4.42 Å². The molecule has 12 rings (SSSR count). The van der Waals surface area contributed by atoms with Gasteiger partial charge in [-0.05, 0) is 145 Å². The standard InChI is InChI=1S/C62H46N2OS/c1-4-7-16-40(6-3)43-28-33-60-54(35-43)55-37-47(31-34-61(55)66-60)63(46-29-25-42(26-30-46)49(15-5-2)41-23-24-41)48-38-52(62-56(39-48)51-20-12-14-22-59(51)65-62)44-27-32-58-53(36-44)50-19-11-13-21-57(50)64(58)45-17-9-8-10-18-45/h4-22,25-39,41H,2-3,23-24H2,1H3/b7-4-,40-16+,49-15+. The monoisotopic (exact) mass is 866 g/mol. The van der Waals surface area contributed by atoms with Crippen molar-refractivity contribution in [1.29, 1.82) is 0 Å². The summed E-state index contributed by atoms with van der Waals surface area (Å²) in [7, 11) is 0. The largest absolute Gasteiger partial charge is 0.455 e. The minimum absolute atomic E-state index is 0.594. The summed E-state index contributed by atoms with van der Waals surface area (Å²) in [4.78, 5) is 2.43. The Labute approximate surface area is 388 Å². The van der Waals surface area contributed by atoms with Gasteiger partial charge in [0, 0.05) is 70.0 Å². The van der Waals surface area contributed by atoms with Crippen molar-refractivity contribution in [3.05, 3.63) is 231 Å². The van der Waals surface area contributed by atoms with E-state index >= 15 is 0 Å². The van der Waals surface area contributed by atoms with Crippen LogP contribution >= 0.6 is 11.3 Å². The second-order valence-electron chi connectivity index (χ2n) is 17.2. The highest BCUT2D eigenvalue weighted by molar-refractivity contribution is 7.25. The molecular formula is C62H46N2OS. The molecule has 11 aromatic rings. The molecule has 0 radical (unpaired) electrons. The Hall–Kier alpha value is -7.92. The van der Waals surface area contributed by atoms with Gasteiger partial charge in [-0.2, -0.15) is 0 Å². The summed E-state index contributed by atoms with van der Waals surface area (Å²) in [6, 6.07) is 62.2. The molecule has 0 atom stereocenters. The van der Waals surface area contributed by atoms with Crippen molar-refractivity contribution in [2.75, 3.05) is 4.90 Å². The summed E-state index contributed by atoms with van der Waals surface area (Å²) < 4.78 is 11.7. The summed E-state index contributed by atoms with van der Waals surface area (Å²) in [6.45, 7) is 10.2. The van der Waals surface area contributed by atoms with Crippen LogP contribution in [0.4, 0.5) is 17.1 Å². The van der Waals surface area contributed by atoms with Crippen molar-refractivity contribution in [2.24, 2.45) is 5.92 Å². The third-order valence-electron chi connectivity index (χ3n) is 13.2. The molecule has 8 aromatic carbocycles. The molecule has 3 aromatic heterocycles. The van der Waals surface area contributed by atoms with Crippen LogP contribution in [0, 0.1) is 5.92 Å². The van der Waals surface area contributed by atoms with Crippen molar-refractivity contribution >= 4 is 103 Å². The van der Waals surface area contributed by atoms with Crippen LogP contribution in [0.15, 0.2) is 224 Å². The Morgan fingerprint density at radius 1 is 0.606 bits per heavy atom. The molecule has 0 bridgehead atoms. The van der Waals surface area contributed by atoms with E-state index in [-0.39, 0.29) is 0 Å². The number of para-hydroxylation sites is 3. The number of benzene rings is 8. The van der Waals surface area contributed by atoms with Gasteiger partial charge in [0.2, 0.25) is 0 Å². The van der Waals surface area contributed by atoms with Gasteiger partial charge < -0.3 is 13.9 Å². The number of furan rings is 1. The van der Waals surface area contributed by atoms with E-state index in [0.29, 0.717) is 5.92 Å². The molecule has 1 aliphatic rings. The molecule has 1 aliphatic carbocycles. The highest BCUT2D eigenvalue weighted by atomic mass is 32.1. The number of aromatic nitrogens is 1. The third-order valence-corrected chi connectivity index (χ3v) is 14.4. The number of allylic oxidation sites excluding steroid dienone is 8. The molecule has 0 amide bonds. The smallest absolute Gasteiger partial charge is 0.143 e. The third kappa shape index (κ3) is 6.72. The fourth-order valence-corrected chi connectivity index (χ4v) is 11.0. The van der Waals surface area contributed by atoms with Gasteiger partial charge in [-0.25, -0.2) is 0 Å². The maximum absolute atomic E-state index is 6.86.